The van der Waals surface area contributed by atoms with Crippen molar-refractivity contribution in [2.75, 3.05) is 5.32 Å². The van der Waals surface area contributed by atoms with E-state index in [1.165, 1.54) is 0 Å². The quantitative estimate of drug-likeness (QED) is 0.785. The molecule has 0 aliphatic rings. The average molecular weight is 320 g/mol. The number of H-pyrrole nitrogens is 1. The number of amides is 1. The predicted octanol–water partition coefficient (Wildman–Crippen LogP) is 2.34. The van der Waals surface area contributed by atoms with Crippen molar-refractivity contribution < 1.29 is 9.53 Å². The molecule has 2 heterocycles. The second kappa shape index (κ2) is 6.82. The first-order valence-electron chi connectivity index (χ1n) is 7.50. The second-order valence-electron chi connectivity index (χ2n) is 6.38. The number of hydrogen-bond donors (Lipinski definition) is 3. The van der Waals surface area contributed by atoms with Gasteiger partial charge >= 0.3 is 6.09 Å². The Morgan fingerprint density at radius 1 is 1.48 bits per heavy atom. The molecule has 0 saturated carbocycles. The molecule has 0 bridgehead atoms. The topological polar surface area (TPSA) is 96.9 Å². The lowest BCUT2D eigenvalue weighted by atomic mass is 10.2. The first kappa shape index (κ1) is 17.0. The van der Waals surface area contributed by atoms with Crippen molar-refractivity contribution in [3.05, 3.63) is 29.7 Å². The second-order valence-corrected chi connectivity index (χ2v) is 6.38. The van der Waals surface area contributed by atoms with Gasteiger partial charge in [0.25, 0.3) is 0 Å². The molecule has 2 aromatic rings. The zero-order chi connectivity index (χ0) is 17.0. The van der Waals surface area contributed by atoms with Crippen LogP contribution in [-0.2, 0) is 18.3 Å². The van der Waals surface area contributed by atoms with E-state index >= 15 is 0 Å². The molecule has 2 aromatic heterocycles. The first-order chi connectivity index (χ1) is 10.8. The third-order valence-corrected chi connectivity index (χ3v) is 3.22. The fraction of sp³-hybridized carbons (Fsp3) is 0.533. The van der Waals surface area contributed by atoms with Gasteiger partial charge in [0, 0.05) is 31.4 Å². The highest BCUT2D eigenvalue weighted by molar-refractivity contribution is 5.84. The smallest absolute Gasteiger partial charge is 0.413 e. The maximum atomic E-state index is 11.9. The van der Waals surface area contributed by atoms with E-state index in [9.17, 15) is 4.79 Å². The summed E-state index contributed by atoms with van der Waals surface area (Å²) in [6, 6.07) is 2.02. The number of aromatic amines is 1. The molecule has 0 aromatic carbocycles. The largest absolute Gasteiger partial charge is 0.444 e. The molecule has 0 radical (unpaired) electrons. The molecule has 0 spiro atoms. The van der Waals surface area contributed by atoms with Crippen molar-refractivity contribution in [1.82, 2.24) is 25.3 Å². The minimum absolute atomic E-state index is 0.104. The number of ether oxygens (including phenoxy) is 1. The van der Waals surface area contributed by atoms with Gasteiger partial charge in [0.1, 0.15) is 11.4 Å². The minimum Gasteiger partial charge on any atom is -0.444 e. The zero-order valence-corrected chi connectivity index (χ0v) is 14.2. The van der Waals surface area contributed by atoms with E-state index < -0.39 is 11.7 Å². The third kappa shape index (κ3) is 4.82. The predicted molar refractivity (Wildman–Crippen MR) is 86.9 cm³/mol. The maximum Gasteiger partial charge on any atom is 0.413 e. The fourth-order valence-electron chi connectivity index (χ4n) is 2.05. The molecule has 126 valence electrons. The molecule has 3 N–H and O–H groups in total. The van der Waals surface area contributed by atoms with E-state index in [4.69, 9.17) is 4.74 Å². The van der Waals surface area contributed by atoms with E-state index in [1.807, 2.05) is 33.8 Å². The Bertz CT molecular complexity index is 641. The van der Waals surface area contributed by atoms with Crippen molar-refractivity contribution in [2.45, 2.75) is 45.9 Å². The van der Waals surface area contributed by atoms with Gasteiger partial charge in [-0.3, -0.25) is 15.1 Å². The van der Waals surface area contributed by atoms with Crippen LogP contribution in [0.4, 0.5) is 10.6 Å². The SMILES string of the molecule is CC(NCc1cnn(C)c1NC(=O)OC(C)(C)C)c1ccn[nH]1. The highest BCUT2D eigenvalue weighted by atomic mass is 16.6. The van der Waals surface area contributed by atoms with Gasteiger partial charge in [0.15, 0.2) is 0 Å². The van der Waals surface area contributed by atoms with Crippen LogP contribution in [0.2, 0.25) is 0 Å². The summed E-state index contributed by atoms with van der Waals surface area (Å²) < 4.78 is 6.89. The number of aromatic nitrogens is 4. The van der Waals surface area contributed by atoms with Crippen molar-refractivity contribution >= 4 is 11.9 Å². The van der Waals surface area contributed by atoms with Crippen molar-refractivity contribution in [1.29, 1.82) is 0 Å². The van der Waals surface area contributed by atoms with Crippen LogP contribution in [-0.4, -0.2) is 31.7 Å². The molecule has 23 heavy (non-hydrogen) atoms. The number of carbonyl (C=O) groups excluding carboxylic acids is 1. The van der Waals surface area contributed by atoms with Crippen molar-refractivity contribution in [3.8, 4) is 0 Å². The highest BCUT2D eigenvalue weighted by Gasteiger charge is 2.19. The Morgan fingerprint density at radius 2 is 2.22 bits per heavy atom. The summed E-state index contributed by atoms with van der Waals surface area (Å²) in [4.78, 5) is 11.9. The Kier molecular flexibility index (Phi) is 5.05. The number of anilines is 1. The monoisotopic (exact) mass is 320 g/mol. The molecule has 1 unspecified atom stereocenters. The molecule has 2 rings (SSSR count). The van der Waals surface area contributed by atoms with E-state index in [0.29, 0.717) is 12.4 Å². The summed E-state index contributed by atoms with van der Waals surface area (Å²) >= 11 is 0. The summed E-state index contributed by atoms with van der Waals surface area (Å²) in [6.07, 6.45) is 2.94. The van der Waals surface area contributed by atoms with Crippen LogP contribution in [0.1, 0.15) is 45.0 Å². The molecular weight excluding hydrogens is 296 g/mol. The Hall–Kier alpha value is -2.35. The van der Waals surface area contributed by atoms with Crippen LogP contribution in [0.15, 0.2) is 18.5 Å². The normalized spacial score (nSPS) is 12.9. The zero-order valence-electron chi connectivity index (χ0n) is 14.2. The van der Waals surface area contributed by atoms with E-state index in [0.717, 1.165) is 11.3 Å². The van der Waals surface area contributed by atoms with Crippen molar-refractivity contribution in [2.24, 2.45) is 7.05 Å². The van der Waals surface area contributed by atoms with Crippen LogP contribution < -0.4 is 10.6 Å². The van der Waals surface area contributed by atoms with Gasteiger partial charge in [-0.2, -0.15) is 10.2 Å². The summed E-state index contributed by atoms with van der Waals surface area (Å²) in [5, 5.41) is 17.2. The lowest BCUT2D eigenvalue weighted by molar-refractivity contribution is 0.0634. The minimum atomic E-state index is -0.545. The molecule has 8 heteroatoms. The van der Waals surface area contributed by atoms with Crippen LogP contribution >= 0.6 is 0 Å². The first-order valence-corrected chi connectivity index (χ1v) is 7.50. The Balaban J connectivity index is 1.99. The summed E-state index contributed by atoms with van der Waals surface area (Å²) in [5.41, 5.74) is 1.33. The number of carbonyl (C=O) groups is 1. The number of nitrogens with one attached hydrogen (secondary N) is 3. The van der Waals surface area contributed by atoms with Gasteiger partial charge in [-0.25, -0.2) is 4.79 Å². The van der Waals surface area contributed by atoms with Crippen LogP contribution in [0, 0.1) is 0 Å². The Labute approximate surface area is 135 Å². The molecule has 8 nitrogen and oxygen atoms in total. The summed E-state index contributed by atoms with van der Waals surface area (Å²) in [7, 11) is 1.77. The number of nitrogens with zero attached hydrogens (tertiary/aromatic N) is 3. The van der Waals surface area contributed by atoms with Gasteiger partial charge in [0.05, 0.1) is 11.9 Å². The number of rotatable bonds is 5. The molecule has 1 atom stereocenters. The lowest BCUT2D eigenvalue weighted by Gasteiger charge is -2.20. The molecular formula is C15H24N6O2. The van der Waals surface area contributed by atoms with Gasteiger partial charge in [0.2, 0.25) is 0 Å². The fourth-order valence-corrected chi connectivity index (χ4v) is 2.05. The van der Waals surface area contributed by atoms with E-state index in [-0.39, 0.29) is 6.04 Å². The standard InChI is InChI=1S/C15H24N6O2/c1-10(12-6-7-17-20-12)16-8-11-9-18-21(5)13(11)19-14(22)23-15(2,3)4/h6-7,9-10,16H,8H2,1-5H3,(H,17,20)(H,19,22). The van der Waals surface area contributed by atoms with Crippen molar-refractivity contribution in [3.63, 3.8) is 0 Å². The highest BCUT2D eigenvalue weighted by Crippen LogP contribution is 2.17. The van der Waals surface area contributed by atoms with Crippen LogP contribution in [0.3, 0.4) is 0 Å². The number of hydrogen-bond acceptors (Lipinski definition) is 5. The summed E-state index contributed by atoms with van der Waals surface area (Å²) in [6.45, 7) is 8.06. The van der Waals surface area contributed by atoms with Gasteiger partial charge in [-0.1, -0.05) is 0 Å². The van der Waals surface area contributed by atoms with E-state index in [1.54, 1.807) is 24.1 Å². The van der Waals surface area contributed by atoms with Gasteiger partial charge in [-0.05, 0) is 33.8 Å². The molecule has 0 aliphatic heterocycles. The number of aryl methyl sites for hydroxylation is 1. The van der Waals surface area contributed by atoms with E-state index in [2.05, 4.69) is 25.9 Å². The third-order valence-electron chi connectivity index (χ3n) is 3.22. The maximum absolute atomic E-state index is 11.9. The Morgan fingerprint density at radius 3 is 2.83 bits per heavy atom. The van der Waals surface area contributed by atoms with Crippen LogP contribution in [0.5, 0.6) is 0 Å². The summed E-state index contributed by atoms with van der Waals surface area (Å²) in [5.74, 6) is 0.614. The molecule has 1 amide bonds. The average Bonchev–Trinajstić information content (AvgIpc) is 3.06. The molecule has 0 fully saturated rings. The van der Waals surface area contributed by atoms with Gasteiger partial charge < -0.3 is 10.1 Å². The molecule has 0 saturated heterocycles. The van der Waals surface area contributed by atoms with Crippen LogP contribution in [0.25, 0.3) is 0 Å². The van der Waals surface area contributed by atoms with Gasteiger partial charge in [-0.15, -0.1) is 0 Å². The lowest BCUT2D eigenvalue weighted by Crippen LogP contribution is -2.28. The molecule has 0 aliphatic carbocycles.